The maximum atomic E-state index is 6.10. The Balaban J connectivity index is 2.61. The molecule has 0 aliphatic heterocycles. The molecule has 0 aromatic heterocycles. The van der Waals surface area contributed by atoms with Crippen molar-refractivity contribution in [2.45, 2.75) is 40.0 Å². The lowest BCUT2D eigenvalue weighted by Gasteiger charge is -2.24. The summed E-state index contributed by atoms with van der Waals surface area (Å²) >= 11 is 0. The molecule has 0 spiro atoms. The van der Waals surface area contributed by atoms with E-state index < -0.39 is 0 Å². The first-order valence-electron chi connectivity index (χ1n) is 5.90. The summed E-state index contributed by atoms with van der Waals surface area (Å²) < 4.78 is 0. The van der Waals surface area contributed by atoms with E-state index in [9.17, 15) is 0 Å². The molecule has 2 N–H and O–H groups in total. The van der Waals surface area contributed by atoms with Crippen molar-refractivity contribution in [3.8, 4) is 0 Å². The van der Waals surface area contributed by atoms with Crippen molar-refractivity contribution in [3.63, 3.8) is 0 Å². The normalized spacial score (nSPS) is 26.5. The zero-order valence-corrected chi connectivity index (χ0v) is 10.2. The second-order valence-electron chi connectivity index (χ2n) is 4.68. The van der Waals surface area contributed by atoms with Gasteiger partial charge in [-0.05, 0) is 45.1 Å². The third kappa shape index (κ3) is 3.94. The number of allylic oxidation sites excluding steroid dienone is 6. The molecule has 0 heterocycles. The molecule has 2 atom stereocenters. The third-order valence-corrected chi connectivity index (χ3v) is 3.02. The van der Waals surface area contributed by atoms with Gasteiger partial charge in [0, 0.05) is 11.6 Å². The van der Waals surface area contributed by atoms with E-state index in [-0.39, 0.29) is 0 Å². The van der Waals surface area contributed by atoms with E-state index in [1.54, 1.807) is 0 Å². The van der Waals surface area contributed by atoms with Crippen LogP contribution in [-0.2, 0) is 0 Å². The van der Waals surface area contributed by atoms with Crippen molar-refractivity contribution < 1.29 is 0 Å². The van der Waals surface area contributed by atoms with Crippen LogP contribution >= 0.6 is 0 Å². The van der Waals surface area contributed by atoms with Crippen LogP contribution in [0.3, 0.4) is 0 Å². The largest absolute Gasteiger partial charge is 0.402 e. The van der Waals surface area contributed by atoms with Gasteiger partial charge in [0.2, 0.25) is 0 Å². The van der Waals surface area contributed by atoms with Gasteiger partial charge in [-0.15, -0.1) is 0 Å². The van der Waals surface area contributed by atoms with E-state index >= 15 is 0 Å². The highest BCUT2D eigenvalue weighted by Gasteiger charge is 2.17. The lowest BCUT2D eigenvalue weighted by Crippen LogP contribution is -2.17. The monoisotopic (exact) mass is 205 g/mol. The van der Waals surface area contributed by atoms with Crippen molar-refractivity contribution in [1.29, 1.82) is 0 Å². The Labute approximate surface area is 93.7 Å². The van der Waals surface area contributed by atoms with Crippen molar-refractivity contribution >= 4 is 0 Å². The summed E-state index contributed by atoms with van der Waals surface area (Å²) in [6.07, 6.45) is 12.3. The fourth-order valence-corrected chi connectivity index (χ4v) is 1.95. The summed E-state index contributed by atoms with van der Waals surface area (Å²) in [4.78, 5) is 0. The predicted octanol–water partition coefficient (Wildman–Crippen LogP) is 3.79. The molecule has 0 saturated carbocycles. The number of rotatable bonds is 3. The molecular formula is C14H23N. The van der Waals surface area contributed by atoms with Crippen LogP contribution in [0.5, 0.6) is 0 Å². The Morgan fingerprint density at radius 3 is 2.73 bits per heavy atom. The van der Waals surface area contributed by atoms with Crippen LogP contribution in [0.2, 0.25) is 0 Å². The SMILES string of the molecule is CC[C@@H]1C=CCC(/C(N)=C/C=C(C)C)C1. The van der Waals surface area contributed by atoms with Gasteiger partial charge < -0.3 is 5.73 Å². The molecule has 0 bridgehead atoms. The summed E-state index contributed by atoms with van der Waals surface area (Å²) in [5, 5.41) is 0. The van der Waals surface area contributed by atoms with E-state index in [0.29, 0.717) is 5.92 Å². The van der Waals surface area contributed by atoms with Crippen molar-refractivity contribution in [2.24, 2.45) is 17.6 Å². The highest BCUT2D eigenvalue weighted by Crippen LogP contribution is 2.28. The van der Waals surface area contributed by atoms with Crippen LogP contribution in [0.4, 0.5) is 0 Å². The topological polar surface area (TPSA) is 26.0 Å². The van der Waals surface area contributed by atoms with Crippen LogP contribution in [-0.4, -0.2) is 0 Å². The first-order valence-corrected chi connectivity index (χ1v) is 5.90. The third-order valence-electron chi connectivity index (χ3n) is 3.02. The molecule has 0 radical (unpaired) electrons. The maximum absolute atomic E-state index is 6.10. The fourth-order valence-electron chi connectivity index (χ4n) is 1.95. The van der Waals surface area contributed by atoms with Crippen molar-refractivity contribution in [2.75, 3.05) is 0 Å². The summed E-state index contributed by atoms with van der Waals surface area (Å²) in [7, 11) is 0. The molecule has 0 saturated heterocycles. The Morgan fingerprint density at radius 1 is 1.40 bits per heavy atom. The van der Waals surface area contributed by atoms with Gasteiger partial charge in [0.05, 0.1) is 0 Å². The standard InChI is InChI=1S/C14H23N/c1-4-12-6-5-7-13(10-12)14(15)9-8-11(2)3/h5-6,8-9,12-13H,4,7,10,15H2,1-3H3/b14-9-/t12-,13?/m1/s1. The van der Waals surface area contributed by atoms with Gasteiger partial charge in [-0.2, -0.15) is 0 Å². The smallest absolute Gasteiger partial charge is 0.0115 e. The van der Waals surface area contributed by atoms with Gasteiger partial charge in [0.15, 0.2) is 0 Å². The molecule has 0 amide bonds. The number of nitrogens with two attached hydrogens (primary N) is 1. The molecule has 0 fully saturated rings. The summed E-state index contributed by atoms with van der Waals surface area (Å²) in [6, 6.07) is 0. The van der Waals surface area contributed by atoms with Crippen LogP contribution in [0.25, 0.3) is 0 Å². The molecular weight excluding hydrogens is 182 g/mol. The Bertz CT molecular complexity index is 280. The average Bonchev–Trinajstić information content (AvgIpc) is 2.26. The van der Waals surface area contributed by atoms with Gasteiger partial charge in [-0.3, -0.25) is 0 Å². The first kappa shape index (κ1) is 12.1. The zero-order chi connectivity index (χ0) is 11.3. The van der Waals surface area contributed by atoms with Crippen LogP contribution in [0, 0.1) is 11.8 Å². The van der Waals surface area contributed by atoms with E-state index in [2.05, 4.69) is 45.1 Å². The molecule has 1 heteroatoms. The van der Waals surface area contributed by atoms with Crippen LogP contribution in [0.1, 0.15) is 40.0 Å². The lowest BCUT2D eigenvalue weighted by molar-refractivity contribution is 0.433. The lowest BCUT2D eigenvalue weighted by atomic mass is 9.83. The second-order valence-corrected chi connectivity index (χ2v) is 4.68. The first-order chi connectivity index (χ1) is 7.13. The highest BCUT2D eigenvalue weighted by molar-refractivity contribution is 5.17. The second kappa shape index (κ2) is 5.79. The Hall–Kier alpha value is -0.980. The molecule has 0 aromatic rings. The quantitative estimate of drug-likeness (QED) is 0.550. The minimum atomic E-state index is 0.551. The molecule has 84 valence electrons. The maximum Gasteiger partial charge on any atom is 0.0115 e. The molecule has 15 heavy (non-hydrogen) atoms. The summed E-state index contributed by atoms with van der Waals surface area (Å²) in [5.41, 5.74) is 8.44. The van der Waals surface area contributed by atoms with Gasteiger partial charge in [-0.25, -0.2) is 0 Å². The predicted molar refractivity (Wildman–Crippen MR) is 67.3 cm³/mol. The number of hydrogen-bond acceptors (Lipinski definition) is 1. The van der Waals surface area contributed by atoms with Crippen LogP contribution < -0.4 is 5.73 Å². The van der Waals surface area contributed by atoms with Gasteiger partial charge >= 0.3 is 0 Å². The van der Waals surface area contributed by atoms with Gasteiger partial charge in [0.1, 0.15) is 0 Å². The van der Waals surface area contributed by atoms with E-state index in [1.165, 1.54) is 18.4 Å². The van der Waals surface area contributed by atoms with E-state index in [0.717, 1.165) is 18.0 Å². The summed E-state index contributed by atoms with van der Waals surface area (Å²) in [5.74, 6) is 1.28. The summed E-state index contributed by atoms with van der Waals surface area (Å²) in [6.45, 7) is 6.44. The number of hydrogen-bond donors (Lipinski definition) is 1. The van der Waals surface area contributed by atoms with E-state index in [4.69, 9.17) is 5.73 Å². The van der Waals surface area contributed by atoms with Gasteiger partial charge in [0.25, 0.3) is 0 Å². The fraction of sp³-hybridized carbons (Fsp3) is 0.571. The molecule has 1 nitrogen and oxygen atoms in total. The molecule has 0 aromatic carbocycles. The van der Waals surface area contributed by atoms with Crippen molar-refractivity contribution in [3.05, 3.63) is 35.6 Å². The molecule has 1 rings (SSSR count). The minimum absolute atomic E-state index is 0.551. The molecule has 1 aliphatic carbocycles. The minimum Gasteiger partial charge on any atom is -0.402 e. The van der Waals surface area contributed by atoms with E-state index in [1.807, 2.05) is 0 Å². The van der Waals surface area contributed by atoms with Crippen LogP contribution in [0.15, 0.2) is 35.6 Å². The average molecular weight is 205 g/mol. The van der Waals surface area contributed by atoms with Crippen molar-refractivity contribution in [1.82, 2.24) is 0 Å². The van der Waals surface area contributed by atoms with Gasteiger partial charge in [-0.1, -0.05) is 30.7 Å². The molecule has 1 aliphatic rings. The molecule has 1 unspecified atom stereocenters. The highest BCUT2D eigenvalue weighted by atomic mass is 14.6. The Kier molecular flexibility index (Phi) is 4.67. The zero-order valence-electron chi connectivity index (χ0n) is 10.2. The Morgan fingerprint density at radius 2 is 2.13 bits per heavy atom.